The fourth-order valence-corrected chi connectivity index (χ4v) is 2.02. The van der Waals surface area contributed by atoms with E-state index in [1.54, 1.807) is 0 Å². The number of sulfonamides is 1. The first-order chi connectivity index (χ1) is 8.77. The summed E-state index contributed by atoms with van der Waals surface area (Å²) in [5.74, 6) is 0. The Kier molecular flexibility index (Phi) is 12.3. The topological polar surface area (TPSA) is 72.0 Å². The van der Waals surface area contributed by atoms with Gasteiger partial charge >= 0.3 is 33.2 Å². The molecule has 0 bridgehead atoms. The number of alkyl halides is 3. The van der Waals surface area contributed by atoms with Crippen LogP contribution in [0.1, 0.15) is 5.56 Å². The predicted octanol–water partition coefficient (Wildman–Crippen LogP) is 3.50. The molecular formula is C9H9ClF3N2O2RuSY. The third-order valence-electron chi connectivity index (χ3n) is 1.85. The minimum Gasteiger partial charge on any atom is -0.679 e. The van der Waals surface area contributed by atoms with Crippen LogP contribution < -0.4 is 0 Å². The van der Waals surface area contributed by atoms with Gasteiger partial charge in [-0.15, -0.1) is 0 Å². The van der Waals surface area contributed by atoms with E-state index in [4.69, 9.17) is 5.73 Å². The molecule has 112 valence electrons. The molecule has 0 aromatic heterocycles. The van der Waals surface area contributed by atoms with Gasteiger partial charge in [0, 0.05) is 37.6 Å². The fraction of sp³-hybridized carbons (Fsp3) is 0.333. The number of nitrogens with one attached hydrogen (secondary N) is 1. The summed E-state index contributed by atoms with van der Waals surface area (Å²) in [5, 5.41) is 0. The Morgan fingerprint density at radius 1 is 1.20 bits per heavy atom. The first kappa shape index (κ1) is 23.2. The summed E-state index contributed by atoms with van der Waals surface area (Å²) in [5.41, 5.74) is 5.83. The van der Waals surface area contributed by atoms with Gasteiger partial charge in [-0.2, -0.15) is 26.3 Å². The van der Waals surface area contributed by atoms with Gasteiger partial charge in [0.15, 0.2) is 0 Å². The van der Waals surface area contributed by atoms with Crippen LogP contribution in [0.5, 0.6) is 0 Å². The van der Waals surface area contributed by atoms with Crippen molar-refractivity contribution >= 4 is 19.7 Å². The van der Waals surface area contributed by atoms with Crippen molar-refractivity contribution in [2.45, 2.75) is 11.1 Å². The van der Waals surface area contributed by atoms with Gasteiger partial charge in [-0.25, -0.2) is 8.42 Å². The summed E-state index contributed by atoms with van der Waals surface area (Å²) in [7, 11) is 0.622. The van der Waals surface area contributed by atoms with Gasteiger partial charge in [-0.3, -0.25) is 0 Å². The van der Waals surface area contributed by atoms with Gasteiger partial charge in [0.25, 0.3) is 0 Å². The molecule has 1 radical (unpaired) electrons. The second-order valence-corrected chi connectivity index (χ2v) is 4.78. The molecule has 0 saturated carbocycles. The van der Waals surface area contributed by atoms with Gasteiger partial charge < -0.3 is 10.5 Å². The number of hydrogen-bond donors (Lipinski definition) is 0. The van der Waals surface area contributed by atoms with Crippen molar-refractivity contribution in [3.05, 3.63) is 40.3 Å². The molecule has 0 fully saturated rings. The maximum Gasteiger partial charge on any atom is 0.416 e. The minimum atomic E-state index is -4.50. The normalized spacial score (nSPS) is 11.1. The first-order valence-corrected chi connectivity index (χ1v) is 8.34. The standard InChI is InChI=1S/C9H9F3N2O2S.ClH.Ru.Y/c10-9(11,12)7-1-3-8(4-2-7)17(15,16)14-6-5-13;;;/h1-4,13H,5-6H2;1H;;/q-2;;+3;/p-1. The van der Waals surface area contributed by atoms with E-state index in [1.165, 1.54) is 0 Å². The average molecular weight is 492 g/mol. The molecule has 0 atom stereocenters. The second kappa shape index (κ2) is 10.6. The Labute approximate surface area is 154 Å². The number of hydrogen-bond acceptors (Lipinski definition) is 2. The molecule has 0 heterocycles. The van der Waals surface area contributed by atoms with Crippen molar-refractivity contribution in [2.75, 3.05) is 13.1 Å². The van der Waals surface area contributed by atoms with Crippen molar-refractivity contribution in [1.29, 1.82) is 0 Å². The van der Waals surface area contributed by atoms with Gasteiger partial charge in [-0.1, -0.05) is 0 Å². The van der Waals surface area contributed by atoms with Gasteiger partial charge in [0.1, 0.15) is 10.0 Å². The Morgan fingerprint density at radius 3 is 2.00 bits per heavy atom. The van der Waals surface area contributed by atoms with Crippen LogP contribution in [0.25, 0.3) is 10.5 Å². The van der Waals surface area contributed by atoms with Gasteiger partial charge in [-0.05, 0) is 24.3 Å². The second-order valence-electron chi connectivity index (χ2n) is 3.10. The number of benzene rings is 1. The zero-order valence-corrected chi connectivity index (χ0v) is 16.0. The van der Waals surface area contributed by atoms with Crippen molar-refractivity contribution in [1.82, 2.24) is 0 Å². The molecule has 11 heteroatoms. The predicted molar refractivity (Wildman–Crippen MR) is 61.9 cm³/mol. The van der Waals surface area contributed by atoms with E-state index < -0.39 is 21.8 Å². The number of nitrogens with zero attached hydrogens (tertiary/aromatic N) is 1. The molecule has 1 aromatic rings. The SMILES string of the molecule is [Cl][Ru+2].[NH-]CC[N-]S(=O)(=O)c1ccc(C(F)(F)F)cc1.[Y]. The summed E-state index contributed by atoms with van der Waals surface area (Å²) >= 11 is 1.82. The van der Waals surface area contributed by atoms with E-state index in [-0.39, 0.29) is 50.7 Å². The van der Waals surface area contributed by atoms with Crippen LogP contribution in [0.15, 0.2) is 29.2 Å². The summed E-state index contributed by atoms with van der Waals surface area (Å²) < 4.78 is 62.7. The largest absolute Gasteiger partial charge is 0.679 e. The quantitative estimate of drug-likeness (QED) is 0.605. The van der Waals surface area contributed by atoms with Gasteiger partial charge in [0.2, 0.25) is 0 Å². The molecule has 1 N–H and O–H groups in total. The van der Waals surface area contributed by atoms with Crippen LogP contribution in [0.3, 0.4) is 0 Å². The first-order valence-electron chi connectivity index (χ1n) is 4.66. The van der Waals surface area contributed by atoms with Crippen LogP contribution in [-0.2, 0) is 66.2 Å². The van der Waals surface area contributed by atoms with Crippen LogP contribution in [-0.4, -0.2) is 21.5 Å². The molecule has 4 nitrogen and oxygen atoms in total. The van der Waals surface area contributed by atoms with Crippen molar-refractivity contribution in [3.63, 3.8) is 0 Å². The molecule has 1 aromatic carbocycles. The number of halogens is 4. The minimum absolute atomic E-state index is 0. The van der Waals surface area contributed by atoms with E-state index in [2.05, 4.69) is 14.4 Å². The van der Waals surface area contributed by atoms with Gasteiger partial charge in [0.05, 0.1) is 5.56 Å². The molecule has 0 unspecified atom stereocenters. The Balaban J connectivity index is 0. The Hall–Kier alpha value is 0.897. The molecule has 0 aliphatic heterocycles. The zero-order chi connectivity index (χ0) is 15.1. The Morgan fingerprint density at radius 2 is 1.65 bits per heavy atom. The molecule has 0 spiro atoms. The van der Waals surface area contributed by atoms with E-state index >= 15 is 0 Å². The van der Waals surface area contributed by atoms with E-state index in [9.17, 15) is 21.6 Å². The third-order valence-corrected chi connectivity index (χ3v) is 3.24. The fourth-order valence-electron chi connectivity index (χ4n) is 1.06. The van der Waals surface area contributed by atoms with Crippen molar-refractivity contribution in [3.8, 4) is 0 Å². The zero-order valence-electron chi connectivity index (χ0n) is 9.84. The van der Waals surface area contributed by atoms with Crippen LogP contribution >= 0.6 is 9.69 Å². The summed E-state index contributed by atoms with van der Waals surface area (Å²) in [6.45, 7) is -0.400. The molecule has 20 heavy (non-hydrogen) atoms. The summed E-state index contributed by atoms with van der Waals surface area (Å²) in [6.07, 6.45) is -4.50. The third kappa shape index (κ3) is 7.78. The summed E-state index contributed by atoms with van der Waals surface area (Å²) in [4.78, 5) is -0.307. The molecule has 0 aliphatic rings. The van der Waals surface area contributed by atoms with Crippen molar-refractivity contribution < 1.29 is 71.6 Å². The smallest absolute Gasteiger partial charge is 0.416 e. The van der Waals surface area contributed by atoms with Crippen LogP contribution in [0, 0.1) is 0 Å². The van der Waals surface area contributed by atoms with Crippen LogP contribution in [0.4, 0.5) is 13.2 Å². The van der Waals surface area contributed by atoms with E-state index in [1.807, 2.05) is 17.3 Å². The average Bonchev–Trinajstić information content (AvgIpc) is 2.38. The molecule has 1 rings (SSSR count). The maximum atomic E-state index is 12.2. The molecule has 0 aliphatic carbocycles. The maximum absolute atomic E-state index is 12.2. The van der Waals surface area contributed by atoms with E-state index in [0.29, 0.717) is 12.1 Å². The van der Waals surface area contributed by atoms with Crippen molar-refractivity contribution in [2.24, 2.45) is 0 Å². The molecular weight excluding hydrogens is 483 g/mol. The summed E-state index contributed by atoms with van der Waals surface area (Å²) in [6, 6.07) is 3.07. The molecule has 0 saturated heterocycles. The van der Waals surface area contributed by atoms with E-state index in [0.717, 1.165) is 12.1 Å². The molecule has 0 amide bonds. The monoisotopic (exact) mass is 492 g/mol. The number of rotatable bonds is 4. The van der Waals surface area contributed by atoms with Crippen LogP contribution in [0.2, 0.25) is 0 Å². The Bertz CT molecular complexity index is 485.